The van der Waals surface area contributed by atoms with Gasteiger partial charge in [-0.2, -0.15) is 11.8 Å². The average molecular weight is 277 g/mol. The van der Waals surface area contributed by atoms with E-state index in [0.29, 0.717) is 32.0 Å². The van der Waals surface area contributed by atoms with E-state index in [4.69, 9.17) is 14.6 Å². The van der Waals surface area contributed by atoms with Crippen LogP contribution in [0.2, 0.25) is 0 Å². The number of rotatable bonds is 8. The highest BCUT2D eigenvalue weighted by Gasteiger charge is 2.43. The number of aliphatic carboxylic acids is 1. The van der Waals surface area contributed by atoms with Crippen LogP contribution in [0, 0.1) is 0 Å². The summed E-state index contributed by atoms with van der Waals surface area (Å²) in [7, 11) is 0. The number of thioether (sulfide) groups is 1. The van der Waals surface area contributed by atoms with Gasteiger partial charge in [0.15, 0.2) is 0 Å². The Balaban J connectivity index is 2.27. The van der Waals surface area contributed by atoms with E-state index in [0.717, 1.165) is 5.75 Å². The van der Waals surface area contributed by atoms with Gasteiger partial charge in [-0.1, -0.05) is 0 Å². The monoisotopic (exact) mass is 277 g/mol. The number of hydrogen-bond acceptors (Lipinski definition) is 5. The first kappa shape index (κ1) is 15.3. The summed E-state index contributed by atoms with van der Waals surface area (Å²) in [4.78, 5) is 22.8. The minimum atomic E-state index is -1.12. The Labute approximate surface area is 110 Å². The lowest BCUT2D eigenvalue weighted by molar-refractivity contribution is -0.147. The molecule has 1 amide bonds. The molecule has 2 N–H and O–H groups in total. The van der Waals surface area contributed by atoms with Crippen LogP contribution in [0.1, 0.15) is 13.3 Å². The van der Waals surface area contributed by atoms with E-state index >= 15 is 0 Å². The Morgan fingerprint density at radius 2 is 2.11 bits per heavy atom. The van der Waals surface area contributed by atoms with Crippen LogP contribution < -0.4 is 5.32 Å². The largest absolute Gasteiger partial charge is 0.479 e. The minimum absolute atomic E-state index is 0.132. The molecular formula is C11H19NO5S. The SMILES string of the molecule is CCOCCOCC(=O)NC1(C(=O)O)CCSC1. The summed E-state index contributed by atoms with van der Waals surface area (Å²) in [5, 5.41) is 11.7. The Kier molecular flexibility index (Phi) is 6.45. The third-order valence-electron chi connectivity index (χ3n) is 2.62. The fraction of sp³-hybridized carbons (Fsp3) is 0.818. The lowest BCUT2D eigenvalue weighted by Crippen LogP contribution is -2.55. The van der Waals surface area contributed by atoms with E-state index in [2.05, 4.69) is 5.32 Å². The molecule has 1 fully saturated rings. The van der Waals surface area contributed by atoms with Crippen LogP contribution in [0.15, 0.2) is 0 Å². The lowest BCUT2D eigenvalue weighted by Gasteiger charge is -2.24. The highest BCUT2D eigenvalue weighted by Crippen LogP contribution is 2.28. The van der Waals surface area contributed by atoms with E-state index in [1.54, 1.807) is 0 Å². The standard InChI is InChI=1S/C11H19NO5S/c1-2-16-4-5-17-7-9(13)12-11(10(14)15)3-6-18-8-11/h2-8H2,1H3,(H,12,13)(H,14,15). The van der Waals surface area contributed by atoms with Crippen LogP contribution in [-0.4, -0.2) is 60.5 Å². The minimum Gasteiger partial charge on any atom is -0.479 e. The number of carbonyl (C=O) groups excluding carboxylic acids is 1. The van der Waals surface area contributed by atoms with Crippen LogP contribution in [-0.2, 0) is 19.1 Å². The van der Waals surface area contributed by atoms with Crippen molar-refractivity contribution in [1.29, 1.82) is 0 Å². The van der Waals surface area contributed by atoms with Crippen molar-refractivity contribution in [3.63, 3.8) is 0 Å². The zero-order valence-corrected chi connectivity index (χ0v) is 11.3. The molecule has 0 aromatic heterocycles. The van der Waals surface area contributed by atoms with E-state index in [9.17, 15) is 9.59 Å². The zero-order chi connectivity index (χ0) is 13.4. The fourth-order valence-electron chi connectivity index (χ4n) is 1.62. The molecule has 104 valence electrons. The molecule has 7 heteroatoms. The molecule has 0 spiro atoms. The highest BCUT2D eigenvalue weighted by molar-refractivity contribution is 7.99. The first-order valence-electron chi connectivity index (χ1n) is 5.88. The number of ether oxygens (including phenoxy) is 2. The summed E-state index contributed by atoms with van der Waals surface area (Å²) in [6, 6.07) is 0. The van der Waals surface area contributed by atoms with Gasteiger partial charge in [0.25, 0.3) is 0 Å². The third-order valence-corrected chi connectivity index (χ3v) is 3.81. The van der Waals surface area contributed by atoms with Crippen molar-refractivity contribution >= 4 is 23.6 Å². The van der Waals surface area contributed by atoms with Crippen molar-refractivity contribution in [2.75, 3.05) is 37.9 Å². The molecule has 0 aromatic carbocycles. The molecule has 1 heterocycles. The lowest BCUT2D eigenvalue weighted by atomic mass is 9.99. The number of carboxylic acid groups (broad SMARTS) is 1. The average Bonchev–Trinajstić information content (AvgIpc) is 2.78. The Hall–Kier alpha value is -0.790. The van der Waals surface area contributed by atoms with Crippen LogP contribution >= 0.6 is 11.8 Å². The molecule has 1 aliphatic rings. The molecular weight excluding hydrogens is 258 g/mol. The summed E-state index contributed by atoms with van der Waals surface area (Å²) < 4.78 is 10.1. The second kappa shape index (κ2) is 7.60. The number of carboxylic acids is 1. The van der Waals surface area contributed by atoms with Gasteiger partial charge in [-0.05, 0) is 19.1 Å². The van der Waals surface area contributed by atoms with Gasteiger partial charge >= 0.3 is 5.97 Å². The van der Waals surface area contributed by atoms with Crippen LogP contribution in [0.4, 0.5) is 0 Å². The summed E-state index contributed by atoms with van der Waals surface area (Å²) in [6.07, 6.45) is 0.456. The number of carbonyl (C=O) groups is 2. The molecule has 0 bridgehead atoms. The Bertz CT molecular complexity index is 291. The smallest absolute Gasteiger partial charge is 0.330 e. The highest BCUT2D eigenvalue weighted by atomic mass is 32.2. The molecule has 1 saturated heterocycles. The quantitative estimate of drug-likeness (QED) is 0.613. The van der Waals surface area contributed by atoms with E-state index in [1.807, 2.05) is 6.92 Å². The molecule has 0 aromatic rings. The number of nitrogens with one attached hydrogen (secondary N) is 1. The van der Waals surface area contributed by atoms with Crippen molar-refractivity contribution in [2.24, 2.45) is 0 Å². The van der Waals surface area contributed by atoms with Gasteiger partial charge in [-0.15, -0.1) is 0 Å². The van der Waals surface area contributed by atoms with E-state index in [-0.39, 0.29) is 6.61 Å². The van der Waals surface area contributed by atoms with E-state index < -0.39 is 17.4 Å². The Morgan fingerprint density at radius 3 is 2.67 bits per heavy atom. The van der Waals surface area contributed by atoms with Gasteiger partial charge in [-0.3, -0.25) is 4.79 Å². The fourth-order valence-corrected chi connectivity index (χ4v) is 2.94. The van der Waals surface area contributed by atoms with Gasteiger partial charge in [0.1, 0.15) is 12.1 Å². The summed E-state index contributed by atoms with van der Waals surface area (Å²) >= 11 is 1.53. The topological polar surface area (TPSA) is 84.9 Å². The number of amides is 1. The van der Waals surface area contributed by atoms with Gasteiger partial charge < -0.3 is 19.9 Å². The first-order chi connectivity index (χ1) is 8.60. The predicted octanol–water partition coefficient (Wildman–Crippen LogP) is 0.116. The summed E-state index contributed by atoms with van der Waals surface area (Å²) in [5.74, 6) is -0.211. The second-order valence-electron chi connectivity index (χ2n) is 3.99. The third kappa shape index (κ3) is 4.47. The zero-order valence-electron chi connectivity index (χ0n) is 10.4. The maximum Gasteiger partial charge on any atom is 0.330 e. The Morgan fingerprint density at radius 1 is 1.39 bits per heavy atom. The van der Waals surface area contributed by atoms with Crippen molar-refractivity contribution in [3.05, 3.63) is 0 Å². The van der Waals surface area contributed by atoms with Crippen LogP contribution in [0.5, 0.6) is 0 Å². The normalized spacial score (nSPS) is 22.9. The van der Waals surface area contributed by atoms with Crippen molar-refractivity contribution in [1.82, 2.24) is 5.32 Å². The molecule has 1 unspecified atom stereocenters. The van der Waals surface area contributed by atoms with Crippen molar-refractivity contribution in [3.8, 4) is 0 Å². The van der Waals surface area contributed by atoms with Gasteiger partial charge in [0, 0.05) is 12.4 Å². The maximum absolute atomic E-state index is 11.6. The summed E-state index contributed by atoms with van der Waals surface area (Å²) in [6.45, 7) is 3.11. The molecule has 6 nitrogen and oxygen atoms in total. The van der Waals surface area contributed by atoms with Crippen molar-refractivity contribution in [2.45, 2.75) is 18.9 Å². The molecule has 0 radical (unpaired) electrons. The molecule has 18 heavy (non-hydrogen) atoms. The summed E-state index contributed by atoms with van der Waals surface area (Å²) in [5.41, 5.74) is -1.12. The van der Waals surface area contributed by atoms with Crippen LogP contribution in [0.25, 0.3) is 0 Å². The number of hydrogen-bond donors (Lipinski definition) is 2. The van der Waals surface area contributed by atoms with Gasteiger partial charge in [-0.25, -0.2) is 4.79 Å². The molecule has 0 saturated carbocycles. The van der Waals surface area contributed by atoms with Crippen LogP contribution in [0.3, 0.4) is 0 Å². The van der Waals surface area contributed by atoms with Gasteiger partial charge in [0.05, 0.1) is 13.2 Å². The predicted molar refractivity (Wildman–Crippen MR) is 67.8 cm³/mol. The molecule has 1 aliphatic heterocycles. The molecule has 0 aliphatic carbocycles. The molecule has 1 rings (SSSR count). The van der Waals surface area contributed by atoms with E-state index in [1.165, 1.54) is 11.8 Å². The second-order valence-corrected chi connectivity index (χ2v) is 5.09. The van der Waals surface area contributed by atoms with Gasteiger partial charge in [0.2, 0.25) is 5.91 Å². The van der Waals surface area contributed by atoms with Crippen molar-refractivity contribution < 1.29 is 24.2 Å². The first-order valence-corrected chi connectivity index (χ1v) is 7.04. The molecule has 1 atom stereocenters. The maximum atomic E-state index is 11.6.